The van der Waals surface area contributed by atoms with E-state index in [1.807, 2.05) is 48.8 Å². The minimum atomic E-state index is 0.784. The number of para-hydroxylation sites is 1. The van der Waals surface area contributed by atoms with Gasteiger partial charge in [0, 0.05) is 62.5 Å². The van der Waals surface area contributed by atoms with Crippen molar-refractivity contribution in [2.24, 2.45) is 0 Å². The molecule has 0 N–H and O–H groups in total. The molecule has 0 aliphatic carbocycles. The minimum absolute atomic E-state index is 0.784. The molecule has 6 aromatic heterocycles. The van der Waals surface area contributed by atoms with Crippen LogP contribution >= 0.6 is 0 Å². The van der Waals surface area contributed by atoms with Crippen molar-refractivity contribution in [3.8, 4) is 50.8 Å². The van der Waals surface area contributed by atoms with Gasteiger partial charge in [-0.2, -0.15) is 0 Å². The summed E-state index contributed by atoms with van der Waals surface area (Å²) in [6.45, 7) is 0. The van der Waals surface area contributed by atoms with Crippen LogP contribution in [-0.2, 0) is 0 Å². The largest absolute Gasteiger partial charge is 0.309 e. The first-order chi connectivity index (χ1) is 25.3. The van der Waals surface area contributed by atoms with E-state index in [1.165, 1.54) is 5.39 Å². The summed E-state index contributed by atoms with van der Waals surface area (Å²) in [5.41, 5.74) is 12.3. The van der Waals surface area contributed by atoms with Gasteiger partial charge in [0.05, 0.1) is 50.5 Å². The van der Waals surface area contributed by atoms with Gasteiger partial charge in [0.2, 0.25) is 0 Å². The Labute approximate surface area is 293 Å². The van der Waals surface area contributed by atoms with Gasteiger partial charge >= 0.3 is 0 Å². The highest BCUT2D eigenvalue weighted by Crippen LogP contribution is 2.34. The Kier molecular flexibility index (Phi) is 6.70. The first-order valence-electron chi connectivity index (χ1n) is 16.9. The van der Waals surface area contributed by atoms with Crippen LogP contribution in [0.2, 0.25) is 0 Å². The highest BCUT2D eigenvalue weighted by atomic mass is 15.0. The van der Waals surface area contributed by atoms with E-state index in [-0.39, 0.29) is 0 Å². The van der Waals surface area contributed by atoms with Crippen molar-refractivity contribution in [3.05, 3.63) is 170 Å². The molecule has 0 saturated heterocycles. The van der Waals surface area contributed by atoms with Crippen molar-refractivity contribution in [1.29, 1.82) is 0 Å². The van der Waals surface area contributed by atoms with Crippen LogP contribution in [0.3, 0.4) is 0 Å². The van der Waals surface area contributed by atoms with E-state index in [9.17, 15) is 0 Å². The zero-order chi connectivity index (χ0) is 33.7. The molecular weight excluding hydrogens is 625 g/mol. The van der Waals surface area contributed by atoms with Gasteiger partial charge in [0.25, 0.3) is 0 Å². The van der Waals surface area contributed by atoms with Crippen molar-refractivity contribution < 1.29 is 0 Å². The molecule has 6 heteroatoms. The lowest BCUT2D eigenvalue weighted by atomic mass is 10.0. The first kappa shape index (κ1) is 28.9. The Bertz CT molecular complexity index is 2850. The van der Waals surface area contributed by atoms with Crippen LogP contribution in [0.4, 0.5) is 0 Å². The van der Waals surface area contributed by atoms with Gasteiger partial charge in [-0.1, -0.05) is 91.0 Å². The van der Waals surface area contributed by atoms with Gasteiger partial charge in [0.1, 0.15) is 0 Å². The highest BCUT2D eigenvalue weighted by Gasteiger charge is 2.15. The first-order valence-corrected chi connectivity index (χ1v) is 16.9. The van der Waals surface area contributed by atoms with E-state index < -0.39 is 0 Å². The third-order valence-corrected chi connectivity index (χ3v) is 9.53. The Balaban J connectivity index is 1.11. The molecule has 10 aromatic rings. The normalized spacial score (nSPS) is 11.5. The van der Waals surface area contributed by atoms with Gasteiger partial charge in [0.15, 0.2) is 0 Å². The standard InChI is InChI=1S/C45H28N6/c1-2-8-29(9-3-1)37-21-17-31-13-14-32-18-22-38(50-45(32)44(31)49-37)33-26-40(48-41(27-33)39-11-6-7-24-47-39)30-15-19-34(20-16-30)51-42-12-5-4-10-35(42)36-28-46-25-23-43(36)51/h1-28H. The Hall–Kier alpha value is -7.05. The number of aromatic nitrogens is 6. The molecule has 0 saturated carbocycles. The predicted octanol–water partition coefficient (Wildman–Crippen LogP) is 10.7. The van der Waals surface area contributed by atoms with Crippen LogP contribution in [0, 0.1) is 0 Å². The van der Waals surface area contributed by atoms with Crippen molar-refractivity contribution in [3.63, 3.8) is 0 Å². The van der Waals surface area contributed by atoms with E-state index >= 15 is 0 Å². The highest BCUT2D eigenvalue weighted by molar-refractivity contribution is 6.09. The molecule has 0 aliphatic heterocycles. The van der Waals surface area contributed by atoms with Gasteiger partial charge in [-0.25, -0.2) is 15.0 Å². The number of benzene rings is 4. The van der Waals surface area contributed by atoms with Crippen LogP contribution in [0.5, 0.6) is 0 Å². The molecule has 10 rings (SSSR count). The van der Waals surface area contributed by atoms with Crippen LogP contribution in [-0.4, -0.2) is 29.5 Å². The van der Waals surface area contributed by atoms with E-state index in [1.54, 1.807) is 6.20 Å². The maximum Gasteiger partial charge on any atom is 0.0972 e. The van der Waals surface area contributed by atoms with Crippen LogP contribution < -0.4 is 0 Å². The summed E-state index contributed by atoms with van der Waals surface area (Å²) < 4.78 is 2.29. The summed E-state index contributed by atoms with van der Waals surface area (Å²) in [6.07, 6.45) is 5.59. The molecular formula is C45H28N6. The third kappa shape index (κ3) is 5.01. The lowest BCUT2D eigenvalue weighted by Crippen LogP contribution is -1.96. The van der Waals surface area contributed by atoms with E-state index in [2.05, 4.69) is 130 Å². The molecule has 0 spiro atoms. The second-order valence-electron chi connectivity index (χ2n) is 12.6. The molecule has 0 fully saturated rings. The second-order valence-corrected chi connectivity index (χ2v) is 12.6. The summed E-state index contributed by atoms with van der Waals surface area (Å²) in [5, 5.41) is 4.41. The third-order valence-electron chi connectivity index (χ3n) is 9.53. The molecule has 0 amide bonds. The lowest BCUT2D eigenvalue weighted by Gasteiger charge is -2.12. The zero-order valence-corrected chi connectivity index (χ0v) is 27.3. The molecule has 0 radical (unpaired) electrons. The Morgan fingerprint density at radius 3 is 1.80 bits per heavy atom. The number of rotatable bonds is 5. The maximum absolute atomic E-state index is 5.26. The summed E-state index contributed by atoms with van der Waals surface area (Å²) in [7, 11) is 0. The summed E-state index contributed by atoms with van der Waals surface area (Å²) >= 11 is 0. The Morgan fingerprint density at radius 1 is 0.392 bits per heavy atom. The summed E-state index contributed by atoms with van der Waals surface area (Å²) in [4.78, 5) is 24.6. The summed E-state index contributed by atoms with van der Waals surface area (Å²) in [6, 6.07) is 52.2. The Morgan fingerprint density at radius 2 is 1.04 bits per heavy atom. The smallest absolute Gasteiger partial charge is 0.0972 e. The van der Waals surface area contributed by atoms with Crippen LogP contribution in [0.25, 0.3) is 94.5 Å². The molecule has 6 heterocycles. The van der Waals surface area contributed by atoms with Crippen LogP contribution in [0.1, 0.15) is 0 Å². The second kappa shape index (κ2) is 11.8. The van der Waals surface area contributed by atoms with Gasteiger partial charge in [-0.05, 0) is 60.7 Å². The van der Waals surface area contributed by atoms with Crippen molar-refractivity contribution in [2.75, 3.05) is 0 Å². The quantitative estimate of drug-likeness (QED) is 0.173. The topological polar surface area (TPSA) is 69.4 Å². The number of hydrogen-bond acceptors (Lipinski definition) is 5. The lowest BCUT2D eigenvalue weighted by molar-refractivity contribution is 1.17. The minimum Gasteiger partial charge on any atom is -0.309 e. The molecule has 6 nitrogen and oxygen atoms in total. The predicted molar refractivity (Wildman–Crippen MR) is 207 cm³/mol. The average Bonchev–Trinajstić information content (AvgIpc) is 3.55. The molecule has 0 unspecified atom stereocenters. The number of hydrogen-bond donors (Lipinski definition) is 0. The number of pyridine rings is 5. The fourth-order valence-corrected chi connectivity index (χ4v) is 7.05. The van der Waals surface area contributed by atoms with Crippen LogP contribution in [0.15, 0.2) is 170 Å². The number of nitrogens with zero attached hydrogens (tertiary/aromatic N) is 6. The molecule has 238 valence electrons. The maximum atomic E-state index is 5.26. The molecule has 0 aliphatic rings. The molecule has 0 atom stereocenters. The monoisotopic (exact) mass is 652 g/mol. The summed E-state index contributed by atoms with van der Waals surface area (Å²) in [5.74, 6) is 0. The van der Waals surface area contributed by atoms with Crippen molar-refractivity contribution >= 4 is 43.6 Å². The van der Waals surface area contributed by atoms with Crippen molar-refractivity contribution in [2.45, 2.75) is 0 Å². The molecule has 0 bridgehead atoms. The van der Waals surface area contributed by atoms with E-state index in [4.69, 9.17) is 15.0 Å². The molecule has 4 aromatic carbocycles. The SMILES string of the molecule is c1ccc(-c2ccc3ccc4ccc(-c5cc(-c6ccc(-n7c8ccccc8c8cnccc87)cc6)nc(-c6ccccn6)c5)nc4c3n2)cc1. The van der Waals surface area contributed by atoms with Gasteiger partial charge in [-0.3, -0.25) is 9.97 Å². The average molecular weight is 653 g/mol. The fourth-order valence-electron chi connectivity index (χ4n) is 7.05. The van der Waals surface area contributed by atoms with Gasteiger partial charge < -0.3 is 4.57 Å². The van der Waals surface area contributed by atoms with Gasteiger partial charge in [-0.15, -0.1) is 0 Å². The number of fused-ring (bicyclic) bond motifs is 6. The van der Waals surface area contributed by atoms with E-state index in [0.29, 0.717) is 0 Å². The molecule has 51 heavy (non-hydrogen) atoms. The fraction of sp³-hybridized carbons (Fsp3) is 0. The zero-order valence-electron chi connectivity index (χ0n) is 27.3. The van der Waals surface area contributed by atoms with E-state index in [0.717, 1.165) is 89.1 Å². The van der Waals surface area contributed by atoms with Crippen molar-refractivity contribution in [1.82, 2.24) is 29.5 Å².